The molecule has 0 atom stereocenters. The fourth-order valence-corrected chi connectivity index (χ4v) is 2.67. The standard InChI is InChI=1S/C20H19F3O4/c1-3-15(24)9-13-4-6-16(12(2)8-13)17-10-14(20(21,22)23)5-7-18(17)27-11-19(25)26/h4-8,10H,3,9,11H2,1-2H3,(H,25,26). The predicted molar refractivity (Wildman–Crippen MR) is 93.7 cm³/mol. The number of aliphatic carboxylic acids is 1. The molecule has 0 unspecified atom stereocenters. The molecule has 0 saturated carbocycles. The maximum atomic E-state index is 13.1. The first-order valence-corrected chi connectivity index (χ1v) is 8.29. The number of carbonyl (C=O) groups is 2. The molecule has 144 valence electrons. The summed E-state index contributed by atoms with van der Waals surface area (Å²) in [6.45, 7) is 2.81. The summed E-state index contributed by atoms with van der Waals surface area (Å²) in [5.74, 6) is -1.12. The third kappa shape index (κ3) is 5.32. The van der Waals surface area contributed by atoms with Gasteiger partial charge in [-0.15, -0.1) is 0 Å². The minimum atomic E-state index is -4.54. The number of ketones is 1. The number of hydrogen-bond acceptors (Lipinski definition) is 3. The molecule has 7 heteroatoms. The number of carboxylic acids is 1. The number of carbonyl (C=O) groups excluding carboxylic acids is 1. The van der Waals surface area contributed by atoms with Crippen molar-refractivity contribution in [3.05, 3.63) is 53.1 Å². The number of benzene rings is 2. The van der Waals surface area contributed by atoms with Crippen molar-refractivity contribution in [3.63, 3.8) is 0 Å². The highest BCUT2D eigenvalue weighted by molar-refractivity contribution is 5.81. The molecular formula is C20H19F3O4. The number of carboxylic acid groups (broad SMARTS) is 1. The third-order valence-corrected chi connectivity index (χ3v) is 4.03. The Balaban J connectivity index is 2.50. The van der Waals surface area contributed by atoms with E-state index in [1.165, 1.54) is 0 Å². The molecule has 1 N–H and O–H groups in total. The Morgan fingerprint density at radius 3 is 2.33 bits per heavy atom. The molecule has 0 amide bonds. The third-order valence-electron chi connectivity index (χ3n) is 4.03. The van der Waals surface area contributed by atoms with Gasteiger partial charge in [-0.1, -0.05) is 25.1 Å². The Morgan fingerprint density at radius 2 is 1.78 bits per heavy atom. The topological polar surface area (TPSA) is 63.6 Å². The molecule has 0 bridgehead atoms. The summed E-state index contributed by atoms with van der Waals surface area (Å²) in [7, 11) is 0. The second-order valence-corrected chi connectivity index (χ2v) is 6.11. The van der Waals surface area contributed by atoms with Gasteiger partial charge in [0.1, 0.15) is 11.5 Å². The van der Waals surface area contributed by atoms with E-state index < -0.39 is 24.3 Å². The molecular weight excluding hydrogens is 361 g/mol. The molecule has 0 spiro atoms. The molecule has 0 fully saturated rings. The van der Waals surface area contributed by atoms with Crippen molar-refractivity contribution in [3.8, 4) is 16.9 Å². The van der Waals surface area contributed by atoms with Crippen molar-refractivity contribution in [2.24, 2.45) is 0 Å². The van der Waals surface area contributed by atoms with Gasteiger partial charge >= 0.3 is 12.1 Å². The lowest BCUT2D eigenvalue weighted by Gasteiger charge is -2.16. The van der Waals surface area contributed by atoms with E-state index in [-0.39, 0.29) is 23.5 Å². The van der Waals surface area contributed by atoms with E-state index in [2.05, 4.69) is 0 Å². The van der Waals surface area contributed by atoms with Gasteiger partial charge in [-0.3, -0.25) is 4.79 Å². The SMILES string of the molecule is CCC(=O)Cc1ccc(-c2cc(C(F)(F)F)ccc2OCC(=O)O)c(C)c1. The Morgan fingerprint density at radius 1 is 1.07 bits per heavy atom. The van der Waals surface area contributed by atoms with E-state index in [4.69, 9.17) is 9.84 Å². The van der Waals surface area contributed by atoms with Crippen LogP contribution in [0.3, 0.4) is 0 Å². The number of aryl methyl sites for hydroxylation is 1. The van der Waals surface area contributed by atoms with Crippen LogP contribution in [0.15, 0.2) is 36.4 Å². The van der Waals surface area contributed by atoms with Crippen molar-refractivity contribution in [2.75, 3.05) is 6.61 Å². The second-order valence-electron chi connectivity index (χ2n) is 6.11. The van der Waals surface area contributed by atoms with E-state index in [1.54, 1.807) is 32.0 Å². The molecule has 4 nitrogen and oxygen atoms in total. The van der Waals surface area contributed by atoms with Gasteiger partial charge in [0.15, 0.2) is 6.61 Å². The maximum absolute atomic E-state index is 13.1. The largest absolute Gasteiger partial charge is 0.481 e. The number of rotatable bonds is 7. The van der Waals surface area contributed by atoms with Crippen LogP contribution >= 0.6 is 0 Å². The molecule has 0 aliphatic heterocycles. The average Bonchev–Trinajstić information content (AvgIpc) is 2.59. The molecule has 2 aromatic rings. The Kier molecular flexibility index (Phi) is 6.25. The van der Waals surface area contributed by atoms with Gasteiger partial charge in [0, 0.05) is 18.4 Å². The highest BCUT2D eigenvalue weighted by atomic mass is 19.4. The summed E-state index contributed by atoms with van der Waals surface area (Å²) < 4.78 is 44.5. The molecule has 0 radical (unpaired) electrons. The monoisotopic (exact) mass is 380 g/mol. The summed E-state index contributed by atoms with van der Waals surface area (Å²) in [4.78, 5) is 22.4. The van der Waals surface area contributed by atoms with Crippen LogP contribution in [0, 0.1) is 6.92 Å². The van der Waals surface area contributed by atoms with Crippen LogP contribution < -0.4 is 4.74 Å². The second kappa shape index (κ2) is 8.24. The first-order valence-electron chi connectivity index (χ1n) is 8.29. The fourth-order valence-electron chi connectivity index (χ4n) is 2.67. The fraction of sp³-hybridized carbons (Fsp3) is 0.300. The predicted octanol–water partition coefficient (Wildman–Crippen LogP) is 4.67. The van der Waals surface area contributed by atoms with Crippen LogP contribution in [-0.4, -0.2) is 23.5 Å². The summed E-state index contributed by atoms with van der Waals surface area (Å²) >= 11 is 0. The lowest BCUT2D eigenvalue weighted by molar-refractivity contribution is -0.140. The highest BCUT2D eigenvalue weighted by Crippen LogP contribution is 2.38. The molecule has 0 aliphatic carbocycles. The van der Waals surface area contributed by atoms with Crippen molar-refractivity contribution in [1.29, 1.82) is 0 Å². The van der Waals surface area contributed by atoms with Crippen LogP contribution in [0.25, 0.3) is 11.1 Å². The minimum absolute atomic E-state index is 0.0471. The molecule has 2 rings (SSSR count). The van der Waals surface area contributed by atoms with Gasteiger partial charge in [0.05, 0.1) is 5.56 Å². The molecule has 0 heterocycles. The van der Waals surface area contributed by atoms with Gasteiger partial charge in [-0.05, 0) is 41.8 Å². The number of Topliss-reactive ketones (excluding diaryl/α,β-unsaturated/α-hetero) is 1. The lowest BCUT2D eigenvalue weighted by atomic mass is 9.94. The van der Waals surface area contributed by atoms with Crippen LogP contribution in [0.4, 0.5) is 13.2 Å². The smallest absolute Gasteiger partial charge is 0.416 e. The van der Waals surface area contributed by atoms with Gasteiger partial charge < -0.3 is 9.84 Å². The number of alkyl halides is 3. The van der Waals surface area contributed by atoms with Gasteiger partial charge in [0.2, 0.25) is 0 Å². The highest BCUT2D eigenvalue weighted by Gasteiger charge is 2.31. The minimum Gasteiger partial charge on any atom is -0.481 e. The number of ether oxygens (including phenoxy) is 1. The zero-order chi connectivity index (χ0) is 20.2. The first-order chi connectivity index (χ1) is 12.6. The lowest BCUT2D eigenvalue weighted by Crippen LogP contribution is -2.11. The van der Waals surface area contributed by atoms with E-state index in [1.807, 2.05) is 0 Å². The molecule has 27 heavy (non-hydrogen) atoms. The van der Waals surface area contributed by atoms with Crippen LogP contribution in [0.2, 0.25) is 0 Å². The molecule has 0 aliphatic rings. The normalized spacial score (nSPS) is 11.3. The van der Waals surface area contributed by atoms with E-state index in [9.17, 15) is 22.8 Å². The summed E-state index contributed by atoms with van der Waals surface area (Å²) in [5, 5.41) is 8.78. The zero-order valence-electron chi connectivity index (χ0n) is 14.9. The quantitative estimate of drug-likeness (QED) is 0.758. The van der Waals surface area contributed by atoms with E-state index in [0.29, 0.717) is 17.5 Å². The molecule has 2 aromatic carbocycles. The average molecular weight is 380 g/mol. The zero-order valence-corrected chi connectivity index (χ0v) is 14.9. The first kappa shape index (κ1) is 20.5. The van der Waals surface area contributed by atoms with Crippen LogP contribution in [0.1, 0.15) is 30.0 Å². The van der Waals surface area contributed by atoms with Crippen LogP contribution in [0.5, 0.6) is 5.75 Å². The van der Waals surface area contributed by atoms with Crippen molar-refractivity contribution < 1.29 is 32.6 Å². The van der Waals surface area contributed by atoms with Gasteiger partial charge in [0.25, 0.3) is 0 Å². The Hall–Kier alpha value is -2.83. The Bertz CT molecular complexity index is 857. The van der Waals surface area contributed by atoms with Crippen molar-refractivity contribution in [2.45, 2.75) is 32.9 Å². The van der Waals surface area contributed by atoms with Crippen molar-refractivity contribution in [1.82, 2.24) is 0 Å². The summed E-state index contributed by atoms with van der Waals surface area (Å²) in [6, 6.07) is 7.95. The Labute approximate surface area is 154 Å². The molecule has 0 aromatic heterocycles. The van der Waals surface area contributed by atoms with Crippen LogP contribution in [-0.2, 0) is 22.2 Å². The van der Waals surface area contributed by atoms with E-state index in [0.717, 1.165) is 23.8 Å². The van der Waals surface area contributed by atoms with Gasteiger partial charge in [-0.2, -0.15) is 13.2 Å². The maximum Gasteiger partial charge on any atom is 0.416 e. The molecule has 0 saturated heterocycles. The summed E-state index contributed by atoms with van der Waals surface area (Å²) in [6.07, 6.45) is -3.88. The van der Waals surface area contributed by atoms with Crippen molar-refractivity contribution >= 4 is 11.8 Å². The summed E-state index contributed by atoms with van der Waals surface area (Å²) in [5.41, 5.74) is 1.20. The number of halogens is 3. The number of hydrogen-bond donors (Lipinski definition) is 1. The van der Waals surface area contributed by atoms with Gasteiger partial charge in [-0.25, -0.2) is 4.79 Å². The van der Waals surface area contributed by atoms with E-state index >= 15 is 0 Å².